The molecular formula is C21H24N2O. The number of carbonyl (C=O) groups is 1. The highest BCUT2D eigenvalue weighted by molar-refractivity contribution is 6.04. The summed E-state index contributed by atoms with van der Waals surface area (Å²) in [5.74, 6) is -0.126. The van der Waals surface area contributed by atoms with E-state index in [1.165, 1.54) is 18.4 Å². The average molecular weight is 320 g/mol. The van der Waals surface area contributed by atoms with E-state index in [4.69, 9.17) is 6.92 Å². The summed E-state index contributed by atoms with van der Waals surface area (Å²) >= 11 is 0. The molecule has 1 saturated heterocycles. The SMILES string of the molecule is [CH]c1cc(C(=O)Nc2cc(C)cc(CN3CCCC3)c2)ccc1C. The second kappa shape index (κ2) is 7.18. The van der Waals surface area contributed by atoms with Crippen LogP contribution in [0.2, 0.25) is 0 Å². The van der Waals surface area contributed by atoms with E-state index >= 15 is 0 Å². The maximum Gasteiger partial charge on any atom is 0.255 e. The molecule has 0 atom stereocenters. The third-order valence-electron chi connectivity index (χ3n) is 4.54. The molecule has 3 rings (SSSR count). The van der Waals surface area contributed by atoms with E-state index in [1.807, 2.05) is 25.1 Å². The first-order valence-corrected chi connectivity index (χ1v) is 8.52. The minimum absolute atomic E-state index is 0.126. The van der Waals surface area contributed by atoms with Crippen molar-refractivity contribution in [2.45, 2.75) is 33.2 Å². The Bertz CT molecular complexity index is 745. The zero-order valence-corrected chi connectivity index (χ0v) is 14.4. The van der Waals surface area contributed by atoms with Gasteiger partial charge in [-0.1, -0.05) is 12.1 Å². The number of hydrogen-bond donors (Lipinski definition) is 1. The maximum absolute atomic E-state index is 12.5. The van der Waals surface area contributed by atoms with Gasteiger partial charge in [0.15, 0.2) is 0 Å². The molecule has 24 heavy (non-hydrogen) atoms. The number of amides is 1. The fraction of sp³-hybridized carbons (Fsp3) is 0.333. The Labute approximate surface area is 144 Å². The van der Waals surface area contributed by atoms with Crippen molar-refractivity contribution in [1.29, 1.82) is 0 Å². The van der Waals surface area contributed by atoms with E-state index in [-0.39, 0.29) is 5.91 Å². The highest BCUT2D eigenvalue weighted by atomic mass is 16.1. The predicted molar refractivity (Wildman–Crippen MR) is 98.2 cm³/mol. The van der Waals surface area contributed by atoms with Crippen LogP contribution in [0.3, 0.4) is 0 Å². The number of rotatable bonds is 4. The molecule has 0 spiro atoms. The van der Waals surface area contributed by atoms with Gasteiger partial charge in [0.25, 0.3) is 5.91 Å². The number of nitrogens with zero attached hydrogens (tertiary/aromatic N) is 1. The van der Waals surface area contributed by atoms with Gasteiger partial charge in [-0.15, -0.1) is 0 Å². The van der Waals surface area contributed by atoms with Crippen LogP contribution < -0.4 is 5.32 Å². The van der Waals surface area contributed by atoms with Gasteiger partial charge in [-0.05, 0) is 93.2 Å². The number of anilines is 1. The molecule has 1 amide bonds. The Hall–Kier alpha value is -2.13. The molecule has 1 heterocycles. The first-order chi connectivity index (χ1) is 11.5. The predicted octanol–water partition coefficient (Wildman–Crippen LogP) is 4.21. The van der Waals surface area contributed by atoms with Crippen molar-refractivity contribution in [3.8, 4) is 0 Å². The van der Waals surface area contributed by atoms with E-state index in [9.17, 15) is 4.79 Å². The molecule has 1 aliphatic heterocycles. The summed E-state index contributed by atoms with van der Waals surface area (Å²) in [5, 5.41) is 3.00. The number of likely N-dealkylation sites (tertiary alicyclic amines) is 1. The first kappa shape index (κ1) is 16.7. The van der Waals surface area contributed by atoms with Gasteiger partial charge < -0.3 is 5.32 Å². The Kier molecular flexibility index (Phi) is 5.00. The molecule has 0 bridgehead atoms. The van der Waals surface area contributed by atoms with Gasteiger partial charge in [-0.3, -0.25) is 9.69 Å². The molecule has 3 nitrogen and oxygen atoms in total. The summed E-state index contributed by atoms with van der Waals surface area (Å²) in [6, 6.07) is 11.7. The van der Waals surface area contributed by atoms with Crippen LogP contribution in [0.25, 0.3) is 0 Å². The number of aryl methyl sites for hydroxylation is 2. The molecule has 0 unspecified atom stereocenters. The van der Waals surface area contributed by atoms with E-state index in [1.54, 1.807) is 6.07 Å². The van der Waals surface area contributed by atoms with Crippen molar-refractivity contribution >= 4 is 11.6 Å². The lowest BCUT2D eigenvalue weighted by Gasteiger charge is -2.16. The fourth-order valence-electron chi connectivity index (χ4n) is 3.21. The van der Waals surface area contributed by atoms with Gasteiger partial charge in [-0.2, -0.15) is 0 Å². The fourth-order valence-corrected chi connectivity index (χ4v) is 3.21. The molecule has 0 aromatic heterocycles. The van der Waals surface area contributed by atoms with Crippen molar-refractivity contribution in [3.05, 3.63) is 71.1 Å². The minimum Gasteiger partial charge on any atom is -0.322 e. The van der Waals surface area contributed by atoms with Gasteiger partial charge in [0.1, 0.15) is 0 Å². The van der Waals surface area contributed by atoms with Gasteiger partial charge in [0.05, 0.1) is 0 Å². The quantitative estimate of drug-likeness (QED) is 0.915. The topological polar surface area (TPSA) is 32.3 Å². The summed E-state index contributed by atoms with van der Waals surface area (Å²) in [6.07, 6.45) is 2.56. The molecule has 1 fully saturated rings. The largest absolute Gasteiger partial charge is 0.322 e. The van der Waals surface area contributed by atoms with Crippen LogP contribution >= 0.6 is 0 Å². The van der Waals surface area contributed by atoms with Gasteiger partial charge in [0, 0.05) is 17.8 Å². The number of nitrogens with one attached hydrogen (secondary N) is 1. The lowest BCUT2D eigenvalue weighted by molar-refractivity contribution is 0.102. The molecule has 0 saturated carbocycles. The number of hydrogen-bond acceptors (Lipinski definition) is 2. The van der Waals surface area contributed by atoms with Crippen molar-refractivity contribution in [1.82, 2.24) is 4.90 Å². The van der Waals surface area contributed by atoms with E-state index in [0.717, 1.165) is 36.4 Å². The molecule has 2 radical (unpaired) electrons. The number of benzene rings is 2. The van der Waals surface area contributed by atoms with Crippen LogP contribution in [0.1, 0.15) is 45.5 Å². The Morgan fingerprint density at radius 1 is 1.12 bits per heavy atom. The van der Waals surface area contributed by atoms with Crippen molar-refractivity contribution in [3.63, 3.8) is 0 Å². The van der Waals surface area contributed by atoms with Crippen molar-refractivity contribution < 1.29 is 4.79 Å². The van der Waals surface area contributed by atoms with E-state index in [0.29, 0.717) is 11.1 Å². The summed E-state index contributed by atoms with van der Waals surface area (Å²) in [6.45, 7) is 13.2. The third kappa shape index (κ3) is 4.04. The maximum atomic E-state index is 12.5. The van der Waals surface area contributed by atoms with Gasteiger partial charge in [0.2, 0.25) is 0 Å². The third-order valence-corrected chi connectivity index (χ3v) is 4.54. The van der Waals surface area contributed by atoms with Crippen LogP contribution in [0.5, 0.6) is 0 Å². The normalized spacial score (nSPS) is 14.8. The standard InChI is InChI=1S/C21H24N2O/c1-15-10-18(14-23-8-4-5-9-23)13-20(11-15)22-21(24)19-7-6-16(2)17(3)12-19/h3,6-7,10-13H,4-5,8-9,14H2,1-2H3,(H,22,24). The van der Waals surface area contributed by atoms with Crippen LogP contribution in [0.4, 0.5) is 5.69 Å². The smallest absolute Gasteiger partial charge is 0.255 e. The van der Waals surface area contributed by atoms with E-state index < -0.39 is 0 Å². The summed E-state index contributed by atoms with van der Waals surface area (Å²) in [5.41, 5.74) is 5.45. The molecule has 1 aliphatic rings. The second-order valence-electron chi connectivity index (χ2n) is 6.72. The lowest BCUT2D eigenvalue weighted by atomic mass is 10.1. The highest BCUT2D eigenvalue weighted by Crippen LogP contribution is 2.20. The molecule has 2 aromatic rings. The van der Waals surface area contributed by atoms with Crippen molar-refractivity contribution in [2.24, 2.45) is 0 Å². The Balaban J connectivity index is 1.74. The lowest BCUT2D eigenvalue weighted by Crippen LogP contribution is -2.19. The molecule has 1 N–H and O–H groups in total. The zero-order chi connectivity index (χ0) is 17.1. The van der Waals surface area contributed by atoms with Crippen LogP contribution in [-0.2, 0) is 6.54 Å². The second-order valence-corrected chi connectivity index (χ2v) is 6.72. The van der Waals surface area contributed by atoms with Crippen LogP contribution in [-0.4, -0.2) is 23.9 Å². The monoisotopic (exact) mass is 320 g/mol. The Morgan fingerprint density at radius 3 is 2.58 bits per heavy atom. The van der Waals surface area contributed by atoms with E-state index in [2.05, 4.69) is 29.3 Å². The zero-order valence-electron chi connectivity index (χ0n) is 14.4. The first-order valence-electron chi connectivity index (χ1n) is 8.52. The van der Waals surface area contributed by atoms with Gasteiger partial charge >= 0.3 is 0 Å². The molecule has 124 valence electrons. The number of carbonyl (C=O) groups excluding carboxylic acids is 1. The molecule has 2 aromatic carbocycles. The van der Waals surface area contributed by atoms with Gasteiger partial charge in [-0.25, -0.2) is 0 Å². The summed E-state index contributed by atoms with van der Waals surface area (Å²) in [7, 11) is 0. The average Bonchev–Trinajstić information content (AvgIpc) is 3.02. The molecule has 0 aliphatic carbocycles. The van der Waals surface area contributed by atoms with Crippen LogP contribution in [0.15, 0.2) is 36.4 Å². The summed E-state index contributed by atoms with van der Waals surface area (Å²) in [4.78, 5) is 14.9. The minimum atomic E-state index is -0.126. The molecule has 3 heteroatoms. The Morgan fingerprint density at radius 2 is 1.88 bits per heavy atom. The summed E-state index contributed by atoms with van der Waals surface area (Å²) < 4.78 is 0. The highest BCUT2D eigenvalue weighted by Gasteiger charge is 2.13. The molecular weight excluding hydrogens is 296 g/mol. The van der Waals surface area contributed by atoms with Crippen molar-refractivity contribution in [2.75, 3.05) is 18.4 Å². The van der Waals surface area contributed by atoms with Crippen LogP contribution in [0, 0.1) is 20.8 Å².